The van der Waals surface area contributed by atoms with Crippen LogP contribution >= 0.6 is 0 Å². The standard InChI is InChI=1S/C17H23N3O2/c1-12-8-13-10-15(17(21)19(2)3)22-16(13)14(9-12)11-20-6-4-18-5-7-20/h8-10,18H,4-7,11H2,1-3H3. The number of nitrogens with zero attached hydrogens (tertiary/aromatic N) is 2. The van der Waals surface area contributed by atoms with Gasteiger partial charge in [0.2, 0.25) is 0 Å². The van der Waals surface area contributed by atoms with Gasteiger partial charge in [-0.05, 0) is 24.6 Å². The van der Waals surface area contributed by atoms with Crippen molar-refractivity contribution in [1.29, 1.82) is 0 Å². The summed E-state index contributed by atoms with van der Waals surface area (Å²) in [4.78, 5) is 16.1. The number of carbonyl (C=O) groups excluding carboxylic acids is 1. The molecule has 0 spiro atoms. The van der Waals surface area contributed by atoms with Crippen molar-refractivity contribution in [3.05, 3.63) is 35.1 Å². The zero-order valence-electron chi connectivity index (χ0n) is 13.5. The molecule has 1 amide bonds. The predicted molar refractivity (Wildman–Crippen MR) is 87.1 cm³/mol. The van der Waals surface area contributed by atoms with Crippen molar-refractivity contribution in [3.63, 3.8) is 0 Å². The molecule has 1 saturated heterocycles. The molecule has 0 aliphatic carbocycles. The Hall–Kier alpha value is -1.85. The van der Waals surface area contributed by atoms with Gasteiger partial charge in [0.15, 0.2) is 5.76 Å². The Morgan fingerprint density at radius 2 is 2.00 bits per heavy atom. The minimum absolute atomic E-state index is 0.0954. The summed E-state index contributed by atoms with van der Waals surface area (Å²) in [5.74, 6) is 0.314. The third kappa shape index (κ3) is 3.00. The van der Waals surface area contributed by atoms with Crippen LogP contribution < -0.4 is 5.32 Å². The van der Waals surface area contributed by atoms with E-state index in [0.29, 0.717) is 5.76 Å². The highest BCUT2D eigenvalue weighted by atomic mass is 16.3. The summed E-state index contributed by atoms with van der Waals surface area (Å²) >= 11 is 0. The smallest absolute Gasteiger partial charge is 0.289 e. The van der Waals surface area contributed by atoms with Gasteiger partial charge in [0.25, 0.3) is 5.91 Å². The van der Waals surface area contributed by atoms with E-state index in [-0.39, 0.29) is 5.91 Å². The lowest BCUT2D eigenvalue weighted by Crippen LogP contribution is -2.42. The Balaban J connectivity index is 1.96. The molecule has 0 bridgehead atoms. The van der Waals surface area contributed by atoms with Crippen molar-refractivity contribution in [2.45, 2.75) is 13.5 Å². The van der Waals surface area contributed by atoms with Gasteiger partial charge in [-0.2, -0.15) is 0 Å². The number of aryl methyl sites for hydroxylation is 1. The summed E-state index contributed by atoms with van der Waals surface area (Å²) in [6.45, 7) is 7.08. The molecule has 1 aromatic carbocycles. The van der Waals surface area contributed by atoms with E-state index in [1.807, 2.05) is 6.07 Å². The van der Waals surface area contributed by atoms with Gasteiger partial charge in [-0.15, -0.1) is 0 Å². The quantitative estimate of drug-likeness (QED) is 0.940. The number of rotatable bonds is 3. The number of fused-ring (bicyclic) bond motifs is 1. The number of piperazine rings is 1. The molecule has 1 aromatic heterocycles. The summed E-state index contributed by atoms with van der Waals surface area (Å²) in [6.07, 6.45) is 0. The fourth-order valence-corrected chi connectivity index (χ4v) is 2.94. The first-order valence-corrected chi connectivity index (χ1v) is 7.72. The molecule has 0 unspecified atom stereocenters. The van der Waals surface area contributed by atoms with Crippen LogP contribution in [0.2, 0.25) is 0 Å². The molecule has 3 rings (SSSR count). The fourth-order valence-electron chi connectivity index (χ4n) is 2.94. The first-order chi connectivity index (χ1) is 10.5. The summed E-state index contributed by atoms with van der Waals surface area (Å²) in [6, 6.07) is 6.09. The zero-order valence-corrected chi connectivity index (χ0v) is 13.5. The highest BCUT2D eigenvalue weighted by Crippen LogP contribution is 2.26. The van der Waals surface area contributed by atoms with E-state index < -0.39 is 0 Å². The van der Waals surface area contributed by atoms with E-state index in [9.17, 15) is 4.79 Å². The fraction of sp³-hybridized carbons (Fsp3) is 0.471. The maximum atomic E-state index is 12.1. The molecule has 1 N–H and O–H groups in total. The Kier molecular flexibility index (Phi) is 4.18. The molecule has 118 valence electrons. The molecular formula is C17H23N3O2. The lowest BCUT2D eigenvalue weighted by molar-refractivity contribution is 0.0799. The summed E-state index contributed by atoms with van der Waals surface area (Å²) in [5.41, 5.74) is 3.20. The van der Waals surface area contributed by atoms with Crippen LogP contribution in [0.1, 0.15) is 21.7 Å². The second-order valence-electron chi connectivity index (χ2n) is 6.18. The molecule has 22 heavy (non-hydrogen) atoms. The highest BCUT2D eigenvalue weighted by Gasteiger charge is 2.18. The normalized spacial score (nSPS) is 16.1. The highest BCUT2D eigenvalue weighted by molar-refractivity contribution is 5.96. The molecule has 1 aliphatic rings. The summed E-state index contributed by atoms with van der Waals surface area (Å²) in [7, 11) is 3.48. The first kappa shape index (κ1) is 15.1. The lowest BCUT2D eigenvalue weighted by Gasteiger charge is -2.27. The third-order valence-corrected chi connectivity index (χ3v) is 4.06. The van der Waals surface area contributed by atoms with Crippen molar-refractivity contribution < 1.29 is 9.21 Å². The second-order valence-corrected chi connectivity index (χ2v) is 6.18. The van der Waals surface area contributed by atoms with Crippen LogP contribution in [0.3, 0.4) is 0 Å². The zero-order chi connectivity index (χ0) is 15.7. The predicted octanol–water partition coefficient (Wildman–Crippen LogP) is 1.85. The van der Waals surface area contributed by atoms with Crippen LogP contribution in [-0.2, 0) is 6.54 Å². The number of hydrogen-bond donors (Lipinski definition) is 1. The minimum Gasteiger partial charge on any atom is -0.451 e. The van der Waals surface area contributed by atoms with Gasteiger partial charge in [0.05, 0.1) is 0 Å². The number of furan rings is 1. The van der Waals surface area contributed by atoms with Crippen LogP contribution in [0, 0.1) is 6.92 Å². The van der Waals surface area contributed by atoms with Crippen molar-refractivity contribution in [2.24, 2.45) is 0 Å². The maximum absolute atomic E-state index is 12.1. The monoisotopic (exact) mass is 301 g/mol. The van der Waals surface area contributed by atoms with E-state index in [0.717, 1.165) is 49.3 Å². The molecule has 2 heterocycles. The van der Waals surface area contributed by atoms with Gasteiger partial charge in [-0.1, -0.05) is 6.07 Å². The Bertz CT molecular complexity index is 685. The Morgan fingerprint density at radius 1 is 1.27 bits per heavy atom. The number of benzene rings is 1. The number of amides is 1. The average molecular weight is 301 g/mol. The molecule has 5 heteroatoms. The van der Waals surface area contributed by atoms with E-state index in [1.165, 1.54) is 5.56 Å². The molecule has 0 radical (unpaired) electrons. The van der Waals surface area contributed by atoms with Gasteiger partial charge in [0.1, 0.15) is 5.58 Å². The van der Waals surface area contributed by atoms with Gasteiger partial charge in [0, 0.05) is 57.8 Å². The Labute approximate surface area is 130 Å². The van der Waals surface area contributed by atoms with E-state index in [1.54, 1.807) is 19.0 Å². The molecule has 2 aromatic rings. The first-order valence-electron chi connectivity index (χ1n) is 7.72. The maximum Gasteiger partial charge on any atom is 0.289 e. The Morgan fingerprint density at radius 3 is 2.68 bits per heavy atom. The van der Waals surface area contributed by atoms with Crippen molar-refractivity contribution in [2.75, 3.05) is 40.3 Å². The van der Waals surface area contributed by atoms with Gasteiger partial charge >= 0.3 is 0 Å². The van der Waals surface area contributed by atoms with E-state index >= 15 is 0 Å². The van der Waals surface area contributed by atoms with Crippen LogP contribution in [0.25, 0.3) is 11.0 Å². The number of hydrogen-bond acceptors (Lipinski definition) is 4. The van der Waals surface area contributed by atoms with E-state index in [2.05, 4.69) is 29.3 Å². The van der Waals surface area contributed by atoms with E-state index in [4.69, 9.17) is 4.42 Å². The van der Waals surface area contributed by atoms with Crippen molar-refractivity contribution in [1.82, 2.24) is 15.1 Å². The number of nitrogens with one attached hydrogen (secondary N) is 1. The average Bonchev–Trinajstić information content (AvgIpc) is 2.91. The van der Waals surface area contributed by atoms with Crippen LogP contribution in [0.15, 0.2) is 22.6 Å². The molecule has 1 fully saturated rings. The molecule has 0 saturated carbocycles. The van der Waals surface area contributed by atoms with Crippen molar-refractivity contribution in [3.8, 4) is 0 Å². The van der Waals surface area contributed by atoms with Crippen molar-refractivity contribution >= 4 is 16.9 Å². The SMILES string of the molecule is Cc1cc(CN2CCNCC2)c2oc(C(=O)N(C)C)cc2c1. The number of carbonyl (C=O) groups is 1. The summed E-state index contributed by atoms with van der Waals surface area (Å²) in [5, 5.41) is 4.37. The van der Waals surface area contributed by atoms with Gasteiger partial charge in [-0.25, -0.2) is 0 Å². The van der Waals surface area contributed by atoms with Crippen LogP contribution in [0.5, 0.6) is 0 Å². The lowest BCUT2D eigenvalue weighted by atomic mass is 10.1. The van der Waals surface area contributed by atoms with Crippen LogP contribution in [-0.4, -0.2) is 56.0 Å². The van der Waals surface area contributed by atoms with Crippen LogP contribution in [0.4, 0.5) is 0 Å². The second kappa shape index (κ2) is 6.10. The summed E-state index contributed by atoms with van der Waals surface area (Å²) < 4.78 is 5.89. The third-order valence-electron chi connectivity index (χ3n) is 4.06. The largest absolute Gasteiger partial charge is 0.451 e. The topological polar surface area (TPSA) is 48.7 Å². The molecule has 5 nitrogen and oxygen atoms in total. The molecule has 0 atom stereocenters. The van der Waals surface area contributed by atoms with Gasteiger partial charge < -0.3 is 14.6 Å². The minimum atomic E-state index is -0.0954. The van der Waals surface area contributed by atoms with Gasteiger partial charge in [-0.3, -0.25) is 9.69 Å². The molecule has 1 aliphatic heterocycles. The molecular weight excluding hydrogens is 278 g/mol.